The second-order valence-corrected chi connectivity index (χ2v) is 10.1. The van der Waals surface area contributed by atoms with Crippen LogP contribution in [0.3, 0.4) is 0 Å². The van der Waals surface area contributed by atoms with E-state index in [2.05, 4.69) is 28.9 Å². The van der Waals surface area contributed by atoms with Crippen LogP contribution in [0.25, 0.3) is 21.8 Å². The summed E-state index contributed by atoms with van der Waals surface area (Å²) in [6.45, 7) is 2.65. The maximum atomic E-state index is 12.8. The van der Waals surface area contributed by atoms with E-state index in [9.17, 15) is 13.2 Å². The van der Waals surface area contributed by atoms with Gasteiger partial charge in [-0.25, -0.2) is 8.42 Å². The number of para-hydroxylation sites is 1. The Labute approximate surface area is 192 Å². The summed E-state index contributed by atoms with van der Waals surface area (Å²) in [5.41, 5.74) is 3.48. The molecule has 0 aliphatic carbocycles. The van der Waals surface area contributed by atoms with Crippen molar-refractivity contribution in [1.29, 1.82) is 0 Å². The lowest BCUT2D eigenvalue weighted by Crippen LogP contribution is -2.37. The molecule has 8 heteroatoms. The molecule has 1 amide bonds. The molecule has 0 spiro atoms. The molecule has 32 heavy (non-hydrogen) atoms. The largest absolute Gasteiger partial charge is 0.341 e. The van der Waals surface area contributed by atoms with E-state index in [4.69, 9.17) is 11.6 Å². The fourth-order valence-electron chi connectivity index (χ4n) is 3.94. The fourth-order valence-corrected chi connectivity index (χ4v) is 4.86. The van der Waals surface area contributed by atoms with Gasteiger partial charge in [0.2, 0.25) is 15.9 Å². The van der Waals surface area contributed by atoms with Crippen molar-refractivity contribution in [3.05, 3.63) is 77.3 Å². The lowest BCUT2D eigenvalue weighted by Gasteiger charge is -2.20. The number of halogens is 1. The summed E-state index contributed by atoms with van der Waals surface area (Å²) in [5.74, 6) is -0.416. The molecule has 0 aliphatic rings. The van der Waals surface area contributed by atoms with Gasteiger partial charge in [-0.1, -0.05) is 48.0 Å². The number of nitrogens with zero attached hydrogens (tertiary/aromatic N) is 2. The number of anilines is 1. The zero-order valence-electron chi connectivity index (χ0n) is 17.9. The number of carbonyl (C=O) groups is 1. The molecular formula is C24H24ClN3O3S. The number of sulfonamides is 1. The first-order chi connectivity index (χ1) is 15.3. The van der Waals surface area contributed by atoms with Crippen LogP contribution in [0.4, 0.5) is 5.69 Å². The fraction of sp³-hybridized carbons (Fsp3) is 0.208. The first-order valence-corrected chi connectivity index (χ1v) is 12.5. The highest BCUT2D eigenvalue weighted by Gasteiger charge is 2.22. The van der Waals surface area contributed by atoms with Crippen LogP contribution in [-0.2, 0) is 27.9 Å². The summed E-state index contributed by atoms with van der Waals surface area (Å²) in [7, 11) is -3.62. The number of nitrogens with one attached hydrogen (secondary N) is 1. The average molecular weight is 470 g/mol. The summed E-state index contributed by atoms with van der Waals surface area (Å²) in [6, 6.07) is 20.9. The normalized spacial score (nSPS) is 12.0. The highest BCUT2D eigenvalue weighted by Crippen LogP contribution is 2.31. The summed E-state index contributed by atoms with van der Waals surface area (Å²) in [5, 5.41) is 5.45. The zero-order chi connectivity index (χ0) is 22.9. The number of aryl methyl sites for hydroxylation is 1. The predicted molar refractivity (Wildman–Crippen MR) is 130 cm³/mol. The van der Waals surface area contributed by atoms with Gasteiger partial charge in [0.1, 0.15) is 0 Å². The lowest BCUT2D eigenvalue weighted by atomic mass is 10.1. The van der Waals surface area contributed by atoms with Crippen LogP contribution in [0.15, 0.2) is 66.7 Å². The summed E-state index contributed by atoms with van der Waals surface area (Å²) in [6.07, 6.45) is 1.09. The maximum absolute atomic E-state index is 12.8. The van der Waals surface area contributed by atoms with E-state index in [1.807, 2.05) is 30.3 Å². The number of amides is 1. The molecule has 0 unspecified atom stereocenters. The van der Waals surface area contributed by atoms with Crippen molar-refractivity contribution in [2.75, 3.05) is 18.1 Å². The molecule has 4 rings (SSSR count). The van der Waals surface area contributed by atoms with E-state index in [0.29, 0.717) is 16.3 Å². The quantitative estimate of drug-likeness (QED) is 0.419. The van der Waals surface area contributed by atoms with Crippen LogP contribution in [0, 0.1) is 0 Å². The molecule has 0 atom stereocenters. The highest BCUT2D eigenvalue weighted by molar-refractivity contribution is 7.88. The van der Waals surface area contributed by atoms with Crippen molar-refractivity contribution in [2.45, 2.75) is 20.0 Å². The third-order valence-electron chi connectivity index (χ3n) is 5.47. The lowest BCUT2D eigenvalue weighted by molar-refractivity contribution is -0.116. The average Bonchev–Trinajstić information content (AvgIpc) is 3.07. The van der Waals surface area contributed by atoms with Gasteiger partial charge in [-0.3, -0.25) is 4.79 Å². The van der Waals surface area contributed by atoms with Crippen molar-refractivity contribution in [1.82, 2.24) is 8.87 Å². The Morgan fingerprint density at radius 2 is 1.69 bits per heavy atom. The van der Waals surface area contributed by atoms with Gasteiger partial charge < -0.3 is 9.88 Å². The minimum absolute atomic E-state index is 0.0228. The minimum atomic E-state index is -3.62. The number of hydrogen-bond acceptors (Lipinski definition) is 3. The van der Waals surface area contributed by atoms with E-state index in [0.717, 1.165) is 38.9 Å². The van der Waals surface area contributed by atoms with Crippen LogP contribution in [0.5, 0.6) is 0 Å². The third-order valence-corrected chi connectivity index (χ3v) is 7.03. The van der Waals surface area contributed by atoms with Crippen molar-refractivity contribution >= 4 is 55.0 Å². The number of fused-ring (bicyclic) bond motifs is 3. The van der Waals surface area contributed by atoms with Crippen LogP contribution in [0.1, 0.15) is 12.5 Å². The Hall–Kier alpha value is -2.87. The van der Waals surface area contributed by atoms with E-state index in [1.54, 1.807) is 24.3 Å². The van der Waals surface area contributed by atoms with Gasteiger partial charge in [-0.15, -0.1) is 0 Å². The van der Waals surface area contributed by atoms with Gasteiger partial charge in [0.05, 0.1) is 12.8 Å². The Balaban J connectivity index is 1.58. The highest BCUT2D eigenvalue weighted by atomic mass is 35.5. The Bertz CT molecular complexity index is 1410. The van der Waals surface area contributed by atoms with Crippen molar-refractivity contribution in [3.8, 4) is 0 Å². The van der Waals surface area contributed by atoms with E-state index < -0.39 is 15.9 Å². The van der Waals surface area contributed by atoms with Crippen LogP contribution < -0.4 is 5.32 Å². The van der Waals surface area contributed by atoms with Gasteiger partial charge in [-0.2, -0.15) is 4.31 Å². The molecule has 1 N–H and O–H groups in total. The van der Waals surface area contributed by atoms with Crippen LogP contribution >= 0.6 is 11.6 Å². The summed E-state index contributed by atoms with van der Waals surface area (Å²) < 4.78 is 27.9. The summed E-state index contributed by atoms with van der Waals surface area (Å²) >= 11 is 6.18. The molecule has 0 saturated carbocycles. The molecule has 1 aromatic heterocycles. The van der Waals surface area contributed by atoms with Crippen LogP contribution in [0.2, 0.25) is 5.02 Å². The smallest absolute Gasteiger partial charge is 0.239 e. The van der Waals surface area contributed by atoms with E-state index in [1.165, 1.54) is 0 Å². The number of hydrogen-bond donors (Lipinski definition) is 1. The van der Waals surface area contributed by atoms with Gasteiger partial charge in [0.25, 0.3) is 0 Å². The number of carbonyl (C=O) groups excluding carboxylic acids is 1. The first kappa shape index (κ1) is 22.3. The Kier molecular flexibility index (Phi) is 6.24. The molecule has 6 nitrogen and oxygen atoms in total. The second kappa shape index (κ2) is 8.94. The van der Waals surface area contributed by atoms with Crippen LogP contribution in [-0.4, -0.2) is 36.0 Å². The standard InChI is InChI=1S/C24H24ClN3O3S/c1-3-28-22-11-7-5-9-19(22)20-14-18(12-13-23(20)28)26-24(29)16-27(32(2,30)31)15-17-8-4-6-10-21(17)25/h4-14H,3,15-16H2,1-2H3,(H,26,29). The number of rotatable bonds is 7. The van der Waals surface area contributed by atoms with Crippen molar-refractivity contribution < 1.29 is 13.2 Å². The molecule has 0 fully saturated rings. The predicted octanol–water partition coefficient (Wildman–Crippen LogP) is 4.87. The molecule has 0 aliphatic heterocycles. The first-order valence-electron chi connectivity index (χ1n) is 10.3. The van der Waals surface area contributed by atoms with Crippen molar-refractivity contribution in [2.24, 2.45) is 0 Å². The van der Waals surface area contributed by atoms with Gasteiger partial charge in [0.15, 0.2) is 0 Å². The monoisotopic (exact) mass is 469 g/mol. The molecular weight excluding hydrogens is 446 g/mol. The maximum Gasteiger partial charge on any atom is 0.239 e. The van der Waals surface area contributed by atoms with Crippen molar-refractivity contribution in [3.63, 3.8) is 0 Å². The van der Waals surface area contributed by atoms with E-state index >= 15 is 0 Å². The van der Waals surface area contributed by atoms with Gasteiger partial charge in [-0.05, 0) is 42.8 Å². The SMILES string of the molecule is CCn1c2ccccc2c2cc(NC(=O)CN(Cc3ccccc3Cl)S(C)(=O)=O)ccc21. The summed E-state index contributed by atoms with van der Waals surface area (Å²) in [4.78, 5) is 12.8. The van der Waals surface area contributed by atoms with E-state index in [-0.39, 0.29) is 13.1 Å². The Morgan fingerprint density at radius 1 is 1.00 bits per heavy atom. The third kappa shape index (κ3) is 4.50. The molecule has 0 radical (unpaired) electrons. The molecule has 4 aromatic rings. The molecule has 1 heterocycles. The molecule has 166 valence electrons. The molecule has 3 aromatic carbocycles. The van der Waals surface area contributed by atoms with Gasteiger partial charge >= 0.3 is 0 Å². The number of aromatic nitrogens is 1. The zero-order valence-corrected chi connectivity index (χ0v) is 19.4. The van der Waals surface area contributed by atoms with Gasteiger partial charge in [0, 0.05) is 45.6 Å². The minimum Gasteiger partial charge on any atom is -0.341 e. The topological polar surface area (TPSA) is 71.4 Å². The Morgan fingerprint density at radius 3 is 2.41 bits per heavy atom. The number of benzene rings is 3. The molecule has 0 saturated heterocycles. The molecule has 0 bridgehead atoms. The second-order valence-electron chi connectivity index (χ2n) is 7.66.